The molecule has 0 aliphatic rings. The molecule has 14 heavy (non-hydrogen) atoms. The van der Waals surface area contributed by atoms with E-state index in [1.165, 1.54) is 0 Å². The van der Waals surface area contributed by atoms with Gasteiger partial charge in [-0.15, -0.1) is 0 Å². The number of hydrogen-bond donors (Lipinski definition) is 2. The number of carbonyl (C=O) groups excluding carboxylic acids is 1. The molecule has 0 aromatic rings. The minimum Gasteiger partial charge on any atom is -0.389 e. The Hall–Kier alpha value is 0.290. The number of ketones is 1. The number of hydrogen-bond acceptors (Lipinski definition) is 5. The van der Waals surface area contributed by atoms with Crippen molar-refractivity contribution in [3.63, 3.8) is 0 Å². The zero-order valence-corrected chi connectivity index (χ0v) is 9.71. The van der Waals surface area contributed by atoms with Crippen molar-refractivity contribution in [3.8, 4) is 0 Å². The van der Waals surface area contributed by atoms with E-state index < -0.39 is 0 Å². The van der Waals surface area contributed by atoms with Crippen molar-refractivity contribution in [2.45, 2.75) is 27.3 Å². The Morgan fingerprint density at radius 3 is 2.50 bits per heavy atom. The smallest absolute Gasteiger partial charge is 0.175 e. The van der Waals surface area contributed by atoms with Crippen molar-refractivity contribution >= 4 is 27.4 Å². The summed E-state index contributed by atoms with van der Waals surface area (Å²) < 4.78 is 0. The van der Waals surface area contributed by atoms with Gasteiger partial charge >= 0.3 is 0 Å². The molecule has 0 radical (unpaired) electrons. The van der Waals surface area contributed by atoms with Crippen LogP contribution >= 0.6 is 21.6 Å². The second-order valence-electron chi connectivity index (χ2n) is 2.43. The van der Waals surface area contributed by atoms with Gasteiger partial charge in [-0.2, -0.15) is 0 Å². The number of aliphatic hydroxyl groups is 1. The van der Waals surface area contributed by atoms with Gasteiger partial charge in [-0.05, 0) is 6.54 Å². The average Bonchev–Trinajstić information content (AvgIpc) is 2.16. The Labute approximate surface area is 94.8 Å². The maximum absolute atomic E-state index is 11.2. The van der Waals surface area contributed by atoms with Crippen LogP contribution in [0.5, 0.6) is 0 Å². The van der Waals surface area contributed by atoms with Crippen molar-refractivity contribution in [1.82, 2.24) is 5.32 Å². The minimum atomic E-state index is -0.366. The van der Waals surface area contributed by atoms with Gasteiger partial charge in [0.05, 0.1) is 6.04 Å². The maximum Gasteiger partial charge on any atom is 0.175 e. The van der Waals surface area contributed by atoms with Crippen molar-refractivity contribution in [2.24, 2.45) is 0 Å². The van der Waals surface area contributed by atoms with Crippen molar-refractivity contribution in [2.75, 3.05) is 24.7 Å². The largest absolute Gasteiger partial charge is 0.389 e. The van der Waals surface area contributed by atoms with E-state index in [9.17, 15) is 4.79 Å². The lowest BCUT2D eigenvalue weighted by molar-refractivity contribution is -0.123. The third-order valence-corrected chi connectivity index (χ3v) is 3.92. The first-order valence-corrected chi connectivity index (χ1v) is 6.86. The molecule has 0 aliphatic carbocycles. The SMILES string of the molecule is C.CCNC(CSSCC)C(=O)CO. The molecule has 0 spiro atoms. The van der Waals surface area contributed by atoms with Crippen LogP contribution in [0.4, 0.5) is 0 Å². The molecule has 0 rings (SSSR count). The maximum atomic E-state index is 11.2. The van der Waals surface area contributed by atoms with Crippen LogP contribution in [0.25, 0.3) is 0 Å². The predicted molar refractivity (Wildman–Crippen MR) is 66.9 cm³/mol. The fourth-order valence-electron chi connectivity index (χ4n) is 0.822. The lowest BCUT2D eigenvalue weighted by Crippen LogP contribution is -2.40. The summed E-state index contributed by atoms with van der Waals surface area (Å²) in [4.78, 5) is 11.2. The van der Waals surface area contributed by atoms with Crippen LogP contribution in [-0.4, -0.2) is 41.6 Å². The van der Waals surface area contributed by atoms with Crippen LogP contribution in [0.2, 0.25) is 0 Å². The Morgan fingerprint density at radius 1 is 1.43 bits per heavy atom. The van der Waals surface area contributed by atoms with Gasteiger partial charge in [0.15, 0.2) is 5.78 Å². The highest BCUT2D eigenvalue weighted by Gasteiger charge is 2.15. The highest BCUT2D eigenvalue weighted by atomic mass is 33.1. The van der Waals surface area contributed by atoms with Gasteiger partial charge in [0.25, 0.3) is 0 Å². The van der Waals surface area contributed by atoms with E-state index in [2.05, 4.69) is 12.2 Å². The van der Waals surface area contributed by atoms with E-state index in [1.807, 2.05) is 6.92 Å². The number of carbonyl (C=O) groups is 1. The van der Waals surface area contributed by atoms with E-state index in [0.717, 1.165) is 18.1 Å². The van der Waals surface area contributed by atoms with Crippen molar-refractivity contribution in [1.29, 1.82) is 0 Å². The van der Waals surface area contributed by atoms with Crippen LogP contribution in [0, 0.1) is 0 Å². The van der Waals surface area contributed by atoms with Gasteiger partial charge in [0.2, 0.25) is 0 Å². The second-order valence-corrected chi connectivity index (χ2v) is 5.22. The lowest BCUT2D eigenvalue weighted by Gasteiger charge is -2.14. The fraction of sp³-hybridized carbons (Fsp3) is 0.889. The molecular formula is C9H21NO2S2. The molecule has 0 aromatic heterocycles. The van der Waals surface area contributed by atoms with Crippen molar-refractivity contribution < 1.29 is 9.90 Å². The van der Waals surface area contributed by atoms with Gasteiger partial charge in [0.1, 0.15) is 6.61 Å². The fourth-order valence-corrected chi connectivity index (χ4v) is 2.72. The van der Waals surface area contributed by atoms with Crippen molar-refractivity contribution in [3.05, 3.63) is 0 Å². The summed E-state index contributed by atoms with van der Waals surface area (Å²) in [6, 6.07) is -0.195. The van der Waals surface area contributed by atoms with Gasteiger partial charge < -0.3 is 10.4 Å². The molecule has 0 fully saturated rings. The quantitative estimate of drug-likeness (QED) is 0.497. The number of aliphatic hydroxyl groups excluding tert-OH is 1. The van der Waals surface area contributed by atoms with Crippen LogP contribution in [-0.2, 0) is 4.79 Å². The predicted octanol–water partition coefficient (Wildman–Crippen LogP) is 1.56. The van der Waals surface area contributed by atoms with Crippen LogP contribution in [0.15, 0.2) is 0 Å². The van der Waals surface area contributed by atoms with E-state index in [0.29, 0.717) is 0 Å². The molecule has 0 amide bonds. The number of rotatable bonds is 8. The summed E-state index contributed by atoms with van der Waals surface area (Å²) >= 11 is 0. The average molecular weight is 239 g/mol. The number of likely N-dealkylation sites (N-methyl/N-ethyl adjacent to an activating group) is 1. The topological polar surface area (TPSA) is 49.3 Å². The lowest BCUT2D eigenvalue weighted by atomic mass is 10.2. The molecule has 0 saturated heterocycles. The second kappa shape index (κ2) is 11.4. The molecule has 0 bridgehead atoms. The van der Waals surface area contributed by atoms with E-state index in [-0.39, 0.29) is 25.9 Å². The first kappa shape index (κ1) is 16.7. The van der Waals surface area contributed by atoms with Gasteiger partial charge in [-0.1, -0.05) is 42.9 Å². The third-order valence-electron chi connectivity index (χ3n) is 1.43. The molecular weight excluding hydrogens is 218 g/mol. The zero-order valence-electron chi connectivity index (χ0n) is 8.08. The minimum absolute atomic E-state index is 0. The molecule has 0 saturated carbocycles. The number of Topliss-reactive ketones (excluding diaryl/α,β-unsaturated/α-hetero) is 1. The summed E-state index contributed by atoms with van der Waals surface area (Å²) in [7, 11) is 3.40. The normalized spacial score (nSPS) is 11.9. The Kier molecular flexibility index (Phi) is 13.6. The zero-order chi connectivity index (χ0) is 10.1. The summed E-state index contributed by atoms with van der Waals surface area (Å²) in [5.74, 6) is 1.65. The first-order chi connectivity index (χ1) is 6.26. The highest BCUT2D eigenvalue weighted by Crippen LogP contribution is 2.21. The standard InChI is InChI=1S/C8H17NO2S2.CH4/c1-3-9-7(8(11)5-10)6-13-12-4-2;/h7,9-10H,3-6H2,1-2H3;1H4. The van der Waals surface area contributed by atoms with E-state index in [1.54, 1.807) is 21.6 Å². The van der Waals surface area contributed by atoms with E-state index in [4.69, 9.17) is 5.11 Å². The highest BCUT2D eigenvalue weighted by molar-refractivity contribution is 8.76. The molecule has 86 valence electrons. The summed E-state index contributed by atoms with van der Waals surface area (Å²) in [5.41, 5.74) is 0. The Morgan fingerprint density at radius 2 is 2.07 bits per heavy atom. The molecule has 0 aromatic carbocycles. The van der Waals surface area contributed by atoms with Crippen LogP contribution in [0.1, 0.15) is 21.3 Å². The Balaban J connectivity index is 0. The molecule has 3 nitrogen and oxygen atoms in total. The van der Waals surface area contributed by atoms with Gasteiger partial charge in [-0.3, -0.25) is 4.79 Å². The summed E-state index contributed by atoms with van der Waals surface area (Å²) in [5, 5.41) is 11.7. The van der Waals surface area contributed by atoms with E-state index >= 15 is 0 Å². The molecule has 5 heteroatoms. The third kappa shape index (κ3) is 7.67. The molecule has 2 N–H and O–H groups in total. The van der Waals surface area contributed by atoms with Gasteiger partial charge in [0, 0.05) is 11.5 Å². The Bertz CT molecular complexity index is 145. The summed E-state index contributed by atoms with van der Waals surface area (Å²) in [6.45, 7) is 4.42. The molecule has 0 aliphatic heterocycles. The molecule has 1 atom stereocenters. The molecule has 1 unspecified atom stereocenters. The first-order valence-electron chi connectivity index (χ1n) is 4.37. The monoisotopic (exact) mass is 239 g/mol. The summed E-state index contributed by atoms with van der Waals surface area (Å²) in [6.07, 6.45) is 0. The van der Waals surface area contributed by atoms with Crippen LogP contribution in [0.3, 0.4) is 0 Å². The van der Waals surface area contributed by atoms with Gasteiger partial charge in [-0.25, -0.2) is 0 Å². The molecule has 0 heterocycles. The number of nitrogens with one attached hydrogen (secondary N) is 1. The van der Waals surface area contributed by atoms with Crippen LogP contribution < -0.4 is 5.32 Å².